The highest BCUT2D eigenvalue weighted by atomic mass is 35.5. The standard InChI is InChI=1S/C14H17Cl2N3O/c1-3-17-12(20)7-8-19-13-10(16)5-4-6-11(13)18-14(19)9(2)15/h4-6,9H,3,7-8H2,1-2H3,(H,17,20). The Morgan fingerprint density at radius 1 is 1.50 bits per heavy atom. The lowest BCUT2D eigenvalue weighted by Crippen LogP contribution is -2.24. The Morgan fingerprint density at radius 3 is 2.90 bits per heavy atom. The zero-order chi connectivity index (χ0) is 14.7. The fraction of sp³-hybridized carbons (Fsp3) is 0.429. The van der Waals surface area contributed by atoms with E-state index in [4.69, 9.17) is 23.2 Å². The van der Waals surface area contributed by atoms with E-state index >= 15 is 0 Å². The Labute approximate surface area is 128 Å². The van der Waals surface area contributed by atoms with Gasteiger partial charge < -0.3 is 9.88 Å². The summed E-state index contributed by atoms with van der Waals surface area (Å²) in [5.74, 6) is 0.744. The lowest BCUT2D eigenvalue weighted by atomic mass is 10.3. The Bertz CT molecular complexity index is 622. The van der Waals surface area contributed by atoms with E-state index < -0.39 is 0 Å². The summed E-state index contributed by atoms with van der Waals surface area (Å²) in [5.41, 5.74) is 1.64. The van der Waals surface area contributed by atoms with Crippen LogP contribution in [0.5, 0.6) is 0 Å². The molecule has 0 aliphatic carbocycles. The van der Waals surface area contributed by atoms with E-state index in [-0.39, 0.29) is 11.3 Å². The molecular weight excluding hydrogens is 297 g/mol. The van der Waals surface area contributed by atoms with Crippen LogP contribution in [0.15, 0.2) is 18.2 Å². The Balaban J connectivity index is 2.38. The van der Waals surface area contributed by atoms with E-state index in [1.54, 1.807) is 0 Å². The molecule has 1 atom stereocenters. The molecule has 1 amide bonds. The smallest absolute Gasteiger partial charge is 0.221 e. The Hall–Kier alpha value is -1.26. The topological polar surface area (TPSA) is 46.9 Å². The largest absolute Gasteiger partial charge is 0.356 e. The highest BCUT2D eigenvalue weighted by molar-refractivity contribution is 6.35. The normalized spacial score (nSPS) is 12.6. The van der Waals surface area contributed by atoms with Gasteiger partial charge in [-0.2, -0.15) is 0 Å². The fourth-order valence-electron chi connectivity index (χ4n) is 2.19. The minimum atomic E-state index is -0.243. The van der Waals surface area contributed by atoms with E-state index in [0.29, 0.717) is 24.5 Å². The molecule has 4 nitrogen and oxygen atoms in total. The molecule has 0 bridgehead atoms. The van der Waals surface area contributed by atoms with Crippen LogP contribution in [-0.4, -0.2) is 22.0 Å². The highest BCUT2D eigenvalue weighted by Gasteiger charge is 2.17. The number of para-hydroxylation sites is 1. The van der Waals surface area contributed by atoms with Gasteiger partial charge in [0.2, 0.25) is 5.91 Å². The maximum Gasteiger partial charge on any atom is 0.221 e. The molecule has 0 saturated heterocycles. The number of fused-ring (bicyclic) bond motifs is 1. The maximum absolute atomic E-state index is 11.6. The number of alkyl halides is 1. The lowest BCUT2D eigenvalue weighted by molar-refractivity contribution is -0.121. The SMILES string of the molecule is CCNC(=O)CCn1c(C(C)Cl)nc2cccc(Cl)c21. The molecule has 0 fully saturated rings. The summed E-state index contributed by atoms with van der Waals surface area (Å²) in [6.45, 7) is 4.90. The molecule has 0 radical (unpaired) electrons. The summed E-state index contributed by atoms with van der Waals surface area (Å²) < 4.78 is 1.94. The van der Waals surface area contributed by atoms with Gasteiger partial charge in [0.1, 0.15) is 5.82 Å². The molecule has 2 rings (SSSR count). The molecule has 0 saturated carbocycles. The first-order valence-electron chi connectivity index (χ1n) is 6.60. The van der Waals surface area contributed by atoms with Crippen molar-refractivity contribution in [3.05, 3.63) is 29.0 Å². The molecule has 1 N–H and O–H groups in total. The van der Waals surface area contributed by atoms with Crippen molar-refractivity contribution < 1.29 is 4.79 Å². The number of carbonyl (C=O) groups is 1. The second-order valence-corrected chi connectivity index (χ2v) is 5.61. The van der Waals surface area contributed by atoms with Crippen LogP contribution in [-0.2, 0) is 11.3 Å². The predicted octanol–water partition coefficient (Wildman–Crippen LogP) is 3.52. The van der Waals surface area contributed by atoms with Crippen LogP contribution in [0.1, 0.15) is 31.5 Å². The molecule has 0 aliphatic rings. The molecule has 2 aromatic rings. The number of nitrogens with one attached hydrogen (secondary N) is 1. The van der Waals surface area contributed by atoms with Crippen LogP contribution in [0, 0.1) is 0 Å². The average Bonchev–Trinajstić information content (AvgIpc) is 2.77. The minimum Gasteiger partial charge on any atom is -0.356 e. The predicted molar refractivity (Wildman–Crippen MR) is 82.3 cm³/mol. The summed E-state index contributed by atoms with van der Waals surface area (Å²) in [7, 11) is 0. The molecule has 1 heterocycles. The van der Waals surface area contributed by atoms with E-state index in [9.17, 15) is 4.79 Å². The molecule has 108 valence electrons. The molecule has 20 heavy (non-hydrogen) atoms. The molecule has 6 heteroatoms. The van der Waals surface area contributed by atoms with Crippen molar-refractivity contribution in [2.24, 2.45) is 0 Å². The highest BCUT2D eigenvalue weighted by Crippen LogP contribution is 2.29. The van der Waals surface area contributed by atoms with Crippen molar-refractivity contribution >= 4 is 40.1 Å². The third-order valence-electron chi connectivity index (χ3n) is 3.04. The van der Waals surface area contributed by atoms with Gasteiger partial charge >= 0.3 is 0 Å². The van der Waals surface area contributed by atoms with Gasteiger partial charge in [-0.25, -0.2) is 4.98 Å². The van der Waals surface area contributed by atoms with Gasteiger partial charge in [-0.1, -0.05) is 17.7 Å². The summed E-state index contributed by atoms with van der Waals surface area (Å²) in [5, 5.41) is 3.16. The first-order chi connectivity index (χ1) is 9.54. The van der Waals surface area contributed by atoms with Crippen LogP contribution in [0.3, 0.4) is 0 Å². The van der Waals surface area contributed by atoms with Crippen molar-refractivity contribution in [1.82, 2.24) is 14.9 Å². The number of aryl methyl sites for hydroxylation is 1. The van der Waals surface area contributed by atoms with E-state index in [2.05, 4.69) is 10.3 Å². The first kappa shape index (κ1) is 15.1. The van der Waals surface area contributed by atoms with Crippen molar-refractivity contribution in [2.45, 2.75) is 32.2 Å². The first-order valence-corrected chi connectivity index (χ1v) is 7.41. The zero-order valence-electron chi connectivity index (χ0n) is 11.5. The number of imidazole rings is 1. The molecular formula is C14H17Cl2N3O. The summed E-state index contributed by atoms with van der Waals surface area (Å²) in [4.78, 5) is 16.1. The number of rotatable bonds is 5. The summed E-state index contributed by atoms with van der Waals surface area (Å²) in [6.07, 6.45) is 0.376. The molecule has 1 unspecified atom stereocenters. The number of halogens is 2. The molecule has 1 aromatic heterocycles. The second-order valence-electron chi connectivity index (χ2n) is 4.55. The van der Waals surface area contributed by atoms with Gasteiger partial charge in [0.15, 0.2) is 0 Å². The van der Waals surface area contributed by atoms with Gasteiger partial charge in [-0.15, -0.1) is 11.6 Å². The quantitative estimate of drug-likeness (QED) is 0.859. The van der Waals surface area contributed by atoms with Crippen molar-refractivity contribution in [2.75, 3.05) is 6.54 Å². The number of benzene rings is 1. The number of aromatic nitrogens is 2. The van der Waals surface area contributed by atoms with E-state index in [0.717, 1.165) is 16.9 Å². The fourth-order valence-corrected chi connectivity index (χ4v) is 2.63. The monoisotopic (exact) mass is 313 g/mol. The average molecular weight is 314 g/mol. The Kier molecular flexibility index (Phi) is 4.89. The zero-order valence-corrected chi connectivity index (χ0v) is 13.0. The maximum atomic E-state index is 11.6. The molecule has 0 spiro atoms. The summed E-state index contributed by atoms with van der Waals surface area (Å²) >= 11 is 12.4. The molecule has 1 aromatic carbocycles. The van der Waals surface area contributed by atoms with Crippen LogP contribution in [0.25, 0.3) is 11.0 Å². The van der Waals surface area contributed by atoms with Gasteiger partial charge in [0.25, 0.3) is 0 Å². The number of hydrogen-bond donors (Lipinski definition) is 1. The third-order valence-corrected chi connectivity index (χ3v) is 3.54. The Morgan fingerprint density at radius 2 is 2.25 bits per heavy atom. The van der Waals surface area contributed by atoms with Gasteiger partial charge in [-0.05, 0) is 26.0 Å². The van der Waals surface area contributed by atoms with E-state index in [1.807, 2.05) is 36.6 Å². The number of hydrogen-bond acceptors (Lipinski definition) is 2. The van der Waals surface area contributed by atoms with Crippen molar-refractivity contribution in [1.29, 1.82) is 0 Å². The number of carbonyl (C=O) groups excluding carboxylic acids is 1. The van der Waals surface area contributed by atoms with Crippen molar-refractivity contribution in [3.63, 3.8) is 0 Å². The second kappa shape index (κ2) is 6.46. The number of nitrogens with zero attached hydrogens (tertiary/aromatic N) is 2. The number of amides is 1. The van der Waals surface area contributed by atoms with Crippen molar-refractivity contribution in [3.8, 4) is 0 Å². The van der Waals surface area contributed by atoms with E-state index in [1.165, 1.54) is 0 Å². The third kappa shape index (κ3) is 3.07. The lowest BCUT2D eigenvalue weighted by Gasteiger charge is -2.11. The van der Waals surface area contributed by atoms with Crippen LogP contribution >= 0.6 is 23.2 Å². The van der Waals surface area contributed by atoms with Gasteiger partial charge in [0, 0.05) is 19.5 Å². The van der Waals surface area contributed by atoms with Crippen LogP contribution in [0.2, 0.25) is 5.02 Å². The van der Waals surface area contributed by atoms with Gasteiger partial charge in [-0.3, -0.25) is 4.79 Å². The van der Waals surface area contributed by atoms with Gasteiger partial charge in [0.05, 0.1) is 21.4 Å². The molecule has 0 aliphatic heterocycles. The van der Waals surface area contributed by atoms with Crippen LogP contribution < -0.4 is 5.32 Å². The minimum absolute atomic E-state index is 0.00887. The summed E-state index contributed by atoms with van der Waals surface area (Å²) in [6, 6.07) is 5.57. The van der Waals surface area contributed by atoms with Crippen LogP contribution in [0.4, 0.5) is 0 Å².